The number of halogens is 3. The molecule has 5 rings (SSSR count). The molecule has 0 amide bonds. The first-order valence-corrected chi connectivity index (χ1v) is 11.5. The number of ether oxygens (including phenoxy) is 1. The van der Waals surface area contributed by atoms with Gasteiger partial charge in [-0.2, -0.15) is 18.2 Å². The zero-order valence-corrected chi connectivity index (χ0v) is 18.9. The number of aromatic nitrogens is 3. The fourth-order valence-electron chi connectivity index (χ4n) is 3.95. The average Bonchev–Trinajstić information content (AvgIpc) is 3.22. The Bertz CT molecular complexity index is 1420. The summed E-state index contributed by atoms with van der Waals surface area (Å²) in [7, 11) is 0. The van der Waals surface area contributed by atoms with Crippen LogP contribution in [-0.4, -0.2) is 47.7 Å². The molecule has 4 aromatic rings. The van der Waals surface area contributed by atoms with E-state index in [4.69, 9.17) is 11.3 Å². The maximum atomic E-state index is 14.3. The van der Waals surface area contributed by atoms with Crippen LogP contribution in [0.2, 0.25) is 0 Å². The van der Waals surface area contributed by atoms with Crippen molar-refractivity contribution < 1.29 is 17.9 Å². The van der Waals surface area contributed by atoms with Crippen molar-refractivity contribution in [2.24, 2.45) is 0 Å². The first-order chi connectivity index (χ1) is 16.4. The van der Waals surface area contributed by atoms with E-state index in [1.807, 2.05) is 4.90 Å². The number of nitrogens with one attached hydrogen (secondary N) is 1. The number of benzene rings is 1. The number of piperazine rings is 1. The molecule has 1 fully saturated rings. The van der Waals surface area contributed by atoms with Crippen LogP contribution in [0.25, 0.3) is 36.5 Å². The average molecular weight is 485 g/mol. The van der Waals surface area contributed by atoms with Gasteiger partial charge in [-0.15, -0.1) is 11.3 Å². The zero-order valence-electron chi connectivity index (χ0n) is 18.1. The van der Waals surface area contributed by atoms with Crippen molar-refractivity contribution in [3.63, 3.8) is 0 Å². The van der Waals surface area contributed by atoms with E-state index in [1.54, 1.807) is 25.1 Å². The quantitative estimate of drug-likeness (QED) is 0.398. The Morgan fingerprint density at radius 3 is 2.68 bits per heavy atom. The van der Waals surface area contributed by atoms with Crippen molar-refractivity contribution in [2.45, 2.75) is 13.1 Å². The molecule has 4 heterocycles. The van der Waals surface area contributed by atoms with Crippen LogP contribution in [-0.2, 0) is 6.18 Å². The predicted molar refractivity (Wildman–Crippen MR) is 126 cm³/mol. The zero-order chi connectivity index (χ0) is 23.9. The van der Waals surface area contributed by atoms with Gasteiger partial charge in [0.15, 0.2) is 5.69 Å². The van der Waals surface area contributed by atoms with E-state index in [1.165, 1.54) is 6.07 Å². The Morgan fingerprint density at radius 2 is 1.97 bits per heavy atom. The minimum absolute atomic E-state index is 0.0580. The van der Waals surface area contributed by atoms with Gasteiger partial charge in [0.2, 0.25) is 11.8 Å². The molecule has 0 saturated carbocycles. The molecule has 174 valence electrons. The minimum Gasteiger partial charge on any atom is -0.477 e. The molecule has 0 aliphatic carbocycles. The number of anilines is 1. The lowest BCUT2D eigenvalue weighted by atomic mass is 10.1. The SMILES string of the molecule is [C-]#[N+]c1cccc(-c2cc(C(F)(F)F)c3c(n2)sc2c(OCC)nc(N4CCNCC4)nc23)c1. The molecule has 0 unspecified atom stereocenters. The normalized spacial score (nSPS) is 14.5. The van der Waals surface area contributed by atoms with E-state index in [2.05, 4.69) is 25.1 Å². The van der Waals surface area contributed by atoms with E-state index >= 15 is 0 Å². The second-order valence-corrected chi connectivity index (χ2v) is 8.67. The highest BCUT2D eigenvalue weighted by molar-refractivity contribution is 7.25. The number of rotatable bonds is 4. The van der Waals surface area contributed by atoms with Crippen LogP contribution >= 0.6 is 11.3 Å². The summed E-state index contributed by atoms with van der Waals surface area (Å²) >= 11 is 1.08. The second kappa shape index (κ2) is 8.70. The highest BCUT2D eigenvalue weighted by Gasteiger charge is 2.36. The summed E-state index contributed by atoms with van der Waals surface area (Å²) in [6, 6.07) is 7.43. The summed E-state index contributed by atoms with van der Waals surface area (Å²) in [4.78, 5) is 19.2. The largest absolute Gasteiger partial charge is 0.477 e. The monoisotopic (exact) mass is 484 g/mol. The molecule has 1 aliphatic rings. The van der Waals surface area contributed by atoms with E-state index in [-0.39, 0.29) is 27.3 Å². The predicted octanol–water partition coefficient (Wildman–Crippen LogP) is 5.28. The van der Waals surface area contributed by atoms with Crippen LogP contribution in [0, 0.1) is 6.57 Å². The van der Waals surface area contributed by atoms with Gasteiger partial charge in [0.25, 0.3) is 0 Å². The maximum absolute atomic E-state index is 14.3. The molecular weight excluding hydrogens is 465 g/mol. The fraction of sp³-hybridized carbons (Fsp3) is 0.304. The summed E-state index contributed by atoms with van der Waals surface area (Å²) < 4.78 is 49.1. The smallest absolute Gasteiger partial charge is 0.417 e. The molecule has 0 atom stereocenters. The van der Waals surface area contributed by atoms with Gasteiger partial charge >= 0.3 is 6.18 Å². The number of hydrogen-bond donors (Lipinski definition) is 1. The van der Waals surface area contributed by atoms with E-state index in [0.717, 1.165) is 30.5 Å². The molecule has 7 nitrogen and oxygen atoms in total. The minimum atomic E-state index is -4.63. The van der Waals surface area contributed by atoms with Crippen LogP contribution in [0.3, 0.4) is 0 Å². The first kappa shape index (κ1) is 22.3. The van der Waals surface area contributed by atoms with Crippen molar-refractivity contribution in [3.8, 4) is 17.1 Å². The van der Waals surface area contributed by atoms with Gasteiger partial charge in [0.1, 0.15) is 15.0 Å². The summed E-state index contributed by atoms with van der Waals surface area (Å²) in [6.45, 7) is 12.1. The van der Waals surface area contributed by atoms with Gasteiger partial charge in [-0.3, -0.25) is 0 Å². The molecule has 11 heteroatoms. The van der Waals surface area contributed by atoms with Gasteiger partial charge in [-0.1, -0.05) is 18.2 Å². The molecule has 1 aromatic carbocycles. The Kier molecular flexibility index (Phi) is 5.71. The van der Waals surface area contributed by atoms with Gasteiger partial charge in [0.05, 0.1) is 29.8 Å². The van der Waals surface area contributed by atoms with Crippen molar-refractivity contribution >= 4 is 43.4 Å². The lowest BCUT2D eigenvalue weighted by molar-refractivity contribution is -0.136. The molecule has 1 aliphatic heterocycles. The Labute approximate surface area is 197 Å². The molecule has 34 heavy (non-hydrogen) atoms. The summed E-state index contributed by atoms with van der Waals surface area (Å²) in [5.74, 6) is 0.604. The summed E-state index contributed by atoms with van der Waals surface area (Å²) in [5, 5.41) is 3.18. The van der Waals surface area contributed by atoms with Crippen molar-refractivity contribution in [1.82, 2.24) is 20.3 Å². The molecule has 1 N–H and O–H groups in total. The first-order valence-electron chi connectivity index (χ1n) is 10.7. The standard InChI is InChI=1S/C23H19F3N6OS/c1-3-33-20-19-18(30-22(31-20)32-9-7-28-8-10-32)17-15(23(24,25)26)12-16(29-21(17)34-19)13-5-4-6-14(11-13)27-2/h4-6,11-12,28H,3,7-10H2,1H3. The van der Waals surface area contributed by atoms with Gasteiger partial charge < -0.3 is 15.0 Å². The Hall–Kier alpha value is -3.49. The third kappa shape index (κ3) is 3.99. The molecular formula is C23H19F3N6OS. The van der Waals surface area contributed by atoms with Crippen LogP contribution in [0.4, 0.5) is 24.8 Å². The highest BCUT2D eigenvalue weighted by Crippen LogP contribution is 2.45. The molecule has 0 radical (unpaired) electrons. The number of pyridine rings is 1. The fourth-order valence-corrected chi connectivity index (χ4v) is 5.03. The molecule has 0 spiro atoms. The van der Waals surface area contributed by atoms with Gasteiger partial charge in [-0.25, -0.2) is 14.8 Å². The van der Waals surface area contributed by atoms with Gasteiger partial charge in [0, 0.05) is 26.2 Å². The van der Waals surface area contributed by atoms with E-state index in [9.17, 15) is 13.2 Å². The number of alkyl halides is 3. The summed E-state index contributed by atoms with van der Waals surface area (Å²) in [5.41, 5.74) is 0.281. The summed E-state index contributed by atoms with van der Waals surface area (Å²) in [6.07, 6.45) is -4.63. The van der Waals surface area contributed by atoms with Crippen molar-refractivity contribution in [1.29, 1.82) is 0 Å². The number of hydrogen-bond acceptors (Lipinski definition) is 7. The lowest BCUT2D eigenvalue weighted by Crippen LogP contribution is -2.44. The van der Waals surface area contributed by atoms with Crippen LogP contribution < -0.4 is 15.0 Å². The third-order valence-electron chi connectivity index (χ3n) is 5.50. The topological polar surface area (TPSA) is 67.5 Å². The number of nitrogens with zero attached hydrogens (tertiary/aromatic N) is 5. The van der Waals surface area contributed by atoms with Crippen LogP contribution in [0.1, 0.15) is 12.5 Å². The van der Waals surface area contributed by atoms with Crippen LogP contribution in [0.5, 0.6) is 5.88 Å². The molecule has 3 aromatic heterocycles. The Morgan fingerprint density at radius 1 is 1.18 bits per heavy atom. The van der Waals surface area contributed by atoms with E-state index in [0.29, 0.717) is 41.6 Å². The van der Waals surface area contributed by atoms with Crippen molar-refractivity contribution in [3.05, 3.63) is 47.3 Å². The highest BCUT2D eigenvalue weighted by atomic mass is 32.1. The molecule has 0 bridgehead atoms. The third-order valence-corrected chi connectivity index (χ3v) is 6.56. The Balaban J connectivity index is 1.79. The maximum Gasteiger partial charge on any atom is 0.417 e. The van der Waals surface area contributed by atoms with E-state index < -0.39 is 11.7 Å². The van der Waals surface area contributed by atoms with Crippen molar-refractivity contribution in [2.75, 3.05) is 37.7 Å². The number of fused-ring (bicyclic) bond motifs is 3. The van der Waals surface area contributed by atoms with Crippen LogP contribution in [0.15, 0.2) is 30.3 Å². The molecule has 1 saturated heterocycles. The second-order valence-electron chi connectivity index (χ2n) is 7.67. The number of thiophene rings is 1. The van der Waals surface area contributed by atoms with Gasteiger partial charge in [-0.05, 0) is 24.6 Å². The lowest BCUT2D eigenvalue weighted by Gasteiger charge is -2.27.